The summed E-state index contributed by atoms with van der Waals surface area (Å²) in [5, 5.41) is 16.6. The lowest BCUT2D eigenvalue weighted by molar-refractivity contribution is -0.143. The maximum Gasteiger partial charge on any atom is 0.306 e. The van der Waals surface area contributed by atoms with Crippen molar-refractivity contribution in [3.8, 4) is 0 Å². The van der Waals surface area contributed by atoms with Gasteiger partial charge in [-0.1, -0.05) is 0 Å². The van der Waals surface area contributed by atoms with Crippen molar-refractivity contribution < 1.29 is 9.90 Å². The third-order valence-electron chi connectivity index (χ3n) is 3.13. The number of piperidine rings is 1. The monoisotopic (exact) mass is 223 g/mol. The lowest BCUT2D eigenvalue weighted by Gasteiger charge is -2.27. The van der Waals surface area contributed by atoms with Crippen molar-refractivity contribution >= 4 is 5.97 Å². The molecule has 16 heavy (non-hydrogen) atoms. The topological polar surface area (TPSA) is 67.2 Å². The van der Waals surface area contributed by atoms with E-state index in [1.807, 2.05) is 24.0 Å². The number of hydrogen-bond donors (Lipinski definition) is 2. The second kappa shape index (κ2) is 4.65. The van der Waals surface area contributed by atoms with E-state index >= 15 is 0 Å². The molecule has 1 aliphatic heterocycles. The highest BCUT2D eigenvalue weighted by Crippen LogP contribution is 2.26. The molecule has 0 bridgehead atoms. The normalized spacial score (nSPS) is 25.6. The van der Waals surface area contributed by atoms with E-state index in [-0.39, 0.29) is 12.0 Å². The van der Waals surface area contributed by atoms with Gasteiger partial charge in [-0.25, -0.2) is 0 Å². The van der Waals surface area contributed by atoms with E-state index in [4.69, 9.17) is 5.11 Å². The molecule has 1 aliphatic rings. The molecule has 1 aromatic heterocycles. The Labute approximate surface area is 94.5 Å². The van der Waals surface area contributed by atoms with Crippen LogP contribution in [-0.4, -0.2) is 27.4 Å². The Bertz CT molecular complexity index is 375. The minimum Gasteiger partial charge on any atom is -0.481 e. The molecular formula is C11H17N3O2. The van der Waals surface area contributed by atoms with Crippen LogP contribution in [0.15, 0.2) is 12.4 Å². The van der Waals surface area contributed by atoms with Crippen molar-refractivity contribution in [1.82, 2.24) is 15.1 Å². The fraction of sp³-hybridized carbons (Fsp3) is 0.636. The first-order valence-corrected chi connectivity index (χ1v) is 5.69. The van der Waals surface area contributed by atoms with Crippen LogP contribution in [0.3, 0.4) is 0 Å². The van der Waals surface area contributed by atoms with Crippen molar-refractivity contribution in [3.05, 3.63) is 18.0 Å². The molecule has 2 unspecified atom stereocenters. The molecule has 2 rings (SSSR count). The van der Waals surface area contributed by atoms with Crippen LogP contribution in [0.25, 0.3) is 0 Å². The molecule has 1 fully saturated rings. The number of nitrogens with one attached hydrogen (secondary N) is 1. The number of aliphatic carboxylic acids is 1. The third-order valence-corrected chi connectivity index (χ3v) is 3.13. The van der Waals surface area contributed by atoms with Gasteiger partial charge in [0.1, 0.15) is 0 Å². The molecule has 0 spiro atoms. The molecule has 2 atom stereocenters. The Hall–Kier alpha value is -1.36. The van der Waals surface area contributed by atoms with Crippen LogP contribution < -0.4 is 5.32 Å². The third kappa shape index (κ3) is 2.24. The van der Waals surface area contributed by atoms with E-state index < -0.39 is 5.97 Å². The van der Waals surface area contributed by atoms with Gasteiger partial charge < -0.3 is 10.4 Å². The van der Waals surface area contributed by atoms with E-state index in [9.17, 15) is 4.79 Å². The van der Waals surface area contributed by atoms with Gasteiger partial charge in [0.15, 0.2) is 0 Å². The highest BCUT2D eigenvalue weighted by molar-refractivity contribution is 5.70. The predicted molar refractivity (Wildman–Crippen MR) is 59.0 cm³/mol. The van der Waals surface area contributed by atoms with Gasteiger partial charge in [0.25, 0.3) is 0 Å². The SMILES string of the molecule is CCn1cc(C2CC(C(=O)O)CCN2)cn1. The molecule has 5 nitrogen and oxygen atoms in total. The quantitative estimate of drug-likeness (QED) is 0.803. The average molecular weight is 223 g/mol. The second-order valence-corrected chi connectivity index (χ2v) is 4.20. The zero-order chi connectivity index (χ0) is 11.5. The van der Waals surface area contributed by atoms with Gasteiger partial charge in [0, 0.05) is 24.3 Å². The number of nitrogens with zero attached hydrogens (tertiary/aromatic N) is 2. The van der Waals surface area contributed by atoms with Crippen LogP contribution in [0.5, 0.6) is 0 Å². The fourth-order valence-electron chi connectivity index (χ4n) is 2.13. The minimum atomic E-state index is -0.686. The second-order valence-electron chi connectivity index (χ2n) is 4.20. The van der Waals surface area contributed by atoms with E-state index in [1.54, 1.807) is 0 Å². The van der Waals surface area contributed by atoms with Gasteiger partial charge in [0.2, 0.25) is 0 Å². The van der Waals surface area contributed by atoms with Crippen molar-refractivity contribution in [3.63, 3.8) is 0 Å². The van der Waals surface area contributed by atoms with Crippen LogP contribution >= 0.6 is 0 Å². The summed E-state index contributed by atoms with van der Waals surface area (Å²) in [4.78, 5) is 10.9. The first kappa shape index (κ1) is 11.1. The maximum atomic E-state index is 10.9. The highest BCUT2D eigenvalue weighted by Gasteiger charge is 2.27. The molecule has 1 aromatic rings. The Kier molecular flexibility index (Phi) is 3.24. The minimum absolute atomic E-state index is 0.134. The van der Waals surface area contributed by atoms with Gasteiger partial charge in [0.05, 0.1) is 12.1 Å². The number of carboxylic acids is 1. The number of aromatic nitrogens is 2. The van der Waals surface area contributed by atoms with Crippen LogP contribution in [0.2, 0.25) is 0 Å². The summed E-state index contributed by atoms with van der Waals surface area (Å²) in [5.41, 5.74) is 1.09. The zero-order valence-corrected chi connectivity index (χ0v) is 9.39. The summed E-state index contributed by atoms with van der Waals surface area (Å²) < 4.78 is 1.86. The standard InChI is InChI=1S/C11H17N3O2/c1-2-14-7-9(6-13-14)10-5-8(11(15)16)3-4-12-10/h6-8,10,12H,2-5H2,1H3,(H,15,16). The molecule has 2 heterocycles. The molecule has 88 valence electrons. The smallest absolute Gasteiger partial charge is 0.306 e. The van der Waals surface area contributed by atoms with E-state index in [2.05, 4.69) is 10.4 Å². The van der Waals surface area contributed by atoms with Crippen LogP contribution in [0.4, 0.5) is 0 Å². The summed E-state index contributed by atoms with van der Waals surface area (Å²) in [5.74, 6) is -0.911. The number of carbonyl (C=O) groups is 1. The number of aryl methyl sites for hydroxylation is 1. The van der Waals surface area contributed by atoms with Crippen molar-refractivity contribution in [2.75, 3.05) is 6.54 Å². The number of rotatable bonds is 3. The first-order valence-electron chi connectivity index (χ1n) is 5.69. The number of hydrogen-bond acceptors (Lipinski definition) is 3. The van der Waals surface area contributed by atoms with E-state index in [0.29, 0.717) is 12.8 Å². The Morgan fingerprint density at radius 2 is 2.56 bits per heavy atom. The van der Waals surface area contributed by atoms with Crippen molar-refractivity contribution in [1.29, 1.82) is 0 Å². The largest absolute Gasteiger partial charge is 0.481 e. The molecular weight excluding hydrogens is 206 g/mol. The lowest BCUT2D eigenvalue weighted by atomic mass is 9.90. The lowest BCUT2D eigenvalue weighted by Crippen LogP contribution is -2.34. The summed E-state index contributed by atoms with van der Waals surface area (Å²) in [6.45, 7) is 3.64. The fourth-order valence-corrected chi connectivity index (χ4v) is 2.13. The van der Waals surface area contributed by atoms with Crippen LogP contribution in [-0.2, 0) is 11.3 Å². The van der Waals surface area contributed by atoms with Gasteiger partial charge in [-0.15, -0.1) is 0 Å². The zero-order valence-electron chi connectivity index (χ0n) is 9.39. The Balaban J connectivity index is 2.06. The predicted octanol–water partition coefficient (Wildman–Crippen LogP) is 1.03. The van der Waals surface area contributed by atoms with Crippen LogP contribution in [0, 0.1) is 5.92 Å². The summed E-state index contributed by atoms with van der Waals surface area (Å²) in [6, 6.07) is 0.134. The summed E-state index contributed by atoms with van der Waals surface area (Å²) in [6.07, 6.45) is 5.19. The van der Waals surface area contributed by atoms with Crippen LogP contribution in [0.1, 0.15) is 31.4 Å². The maximum absolute atomic E-state index is 10.9. The molecule has 5 heteroatoms. The molecule has 0 radical (unpaired) electrons. The van der Waals surface area contributed by atoms with Crippen molar-refractivity contribution in [2.45, 2.75) is 32.4 Å². The Morgan fingerprint density at radius 3 is 3.19 bits per heavy atom. The van der Waals surface area contributed by atoms with Gasteiger partial charge in [-0.3, -0.25) is 9.48 Å². The Morgan fingerprint density at radius 1 is 1.75 bits per heavy atom. The molecule has 0 saturated carbocycles. The van der Waals surface area contributed by atoms with Crippen molar-refractivity contribution in [2.24, 2.45) is 5.92 Å². The molecule has 0 aliphatic carbocycles. The summed E-state index contributed by atoms with van der Waals surface area (Å²) >= 11 is 0. The highest BCUT2D eigenvalue weighted by atomic mass is 16.4. The number of carboxylic acid groups (broad SMARTS) is 1. The summed E-state index contributed by atoms with van der Waals surface area (Å²) in [7, 11) is 0. The molecule has 0 amide bonds. The van der Waals surface area contributed by atoms with E-state index in [1.165, 1.54) is 0 Å². The average Bonchev–Trinajstić information content (AvgIpc) is 2.77. The van der Waals surface area contributed by atoms with E-state index in [0.717, 1.165) is 18.7 Å². The first-order chi connectivity index (χ1) is 7.70. The molecule has 0 aromatic carbocycles. The molecule has 2 N–H and O–H groups in total. The van der Waals surface area contributed by atoms with Gasteiger partial charge in [-0.05, 0) is 26.3 Å². The molecule has 1 saturated heterocycles. The van der Waals surface area contributed by atoms with Gasteiger partial charge >= 0.3 is 5.97 Å². The van der Waals surface area contributed by atoms with Gasteiger partial charge in [-0.2, -0.15) is 5.10 Å².